The monoisotopic (exact) mass is 310 g/mol. The number of carboxylic acids is 1. The van der Waals surface area contributed by atoms with Crippen molar-refractivity contribution in [3.05, 3.63) is 26.6 Å². The number of benzene rings is 1. The topological polar surface area (TPSA) is 37.3 Å². The van der Waals surface area contributed by atoms with Crippen LogP contribution in [-0.2, 0) is 0 Å². The molecule has 64 valence electrons. The van der Waals surface area contributed by atoms with E-state index in [4.69, 9.17) is 5.11 Å². The minimum atomic E-state index is -0.974. The summed E-state index contributed by atoms with van der Waals surface area (Å²) in [5.41, 5.74) is 0.203. The van der Waals surface area contributed by atoms with E-state index in [9.17, 15) is 4.79 Å². The van der Waals surface area contributed by atoms with Crippen molar-refractivity contribution in [3.63, 3.8) is 0 Å². The fraction of sp³-hybridized carbons (Fsp3) is 0. The van der Waals surface area contributed by atoms with Gasteiger partial charge in [-0.15, -0.1) is 12.6 Å². The van der Waals surface area contributed by atoms with Crippen LogP contribution in [-0.4, -0.2) is 11.1 Å². The highest BCUT2D eigenvalue weighted by Gasteiger charge is 2.11. The van der Waals surface area contributed by atoms with Crippen LogP contribution in [0.4, 0.5) is 0 Å². The van der Waals surface area contributed by atoms with Crippen LogP contribution in [0.1, 0.15) is 10.4 Å². The lowest BCUT2D eigenvalue weighted by Crippen LogP contribution is -1.97. The summed E-state index contributed by atoms with van der Waals surface area (Å²) < 4.78 is 1.20. The van der Waals surface area contributed by atoms with Crippen LogP contribution in [0.15, 0.2) is 26.0 Å². The summed E-state index contributed by atoms with van der Waals surface area (Å²) in [4.78, 5) is 11.2. The van der Waals surface area contributed by atoms with Gasteiger partial charge >= 0.3 is 5.97 Å². The third-order valence-corrected chi connectivity index (χ3v) is 3.22. The Labute approximate surface area is 91.6 Å². The highest BCUT2D eigenvalue weighted by atomic mass is 79.9. The summed E-state index contributed by atoms with van der Waals surface area (Å²) in [7, 11) is 0. The van der Waals surface area contributed by atoms with Gasteiger partial charge in [0.25, 0.3) is 0 Å². The molecule has 2 nitrogen and oxygen atoms in total. The molecule has 0 bridgehead atoms. The van der Waals surface area contributed by atoms with E-state index >= 15 is 0 Å². The van der Waals surface area contributed by atoms with Crippen LogP contribution in [0.3, 0.4) is 0 Å². The van der Waals surface area contributed by atoms with Crippen molar-refractivity contribution in [3.8, 4) is 0 Å². The maximum absolute atomic E-state index is 10.6. The van der Waals surface area contributed by atoms with Crippen molar-refractivity contribution >= 4 is 50.5 Å². The Kier molecular flexibility index (Phi) is 3.20. The van der Waals surface area contributed by atoms with E-state index in [1.807, 2.05) is 0 Å². The summed E-state index contributed by atoms with van der Waals surface area (Å²) in [6.45, 7) is 0. The molecule has 0 aliphatic carbocycles. The van der Waals surface area contributed by atoms with Gasteiger partial charge in [-0.1, -0.05) is 15.9 Å². The van der Waals surface area contributed by atoms with Crippen molar-refractivity contribution in [1.29, 1.82) is 0 Å². The van der Waals surface area contributed by atoms with Crippen molar-refractivity contribution in [2.75, 3.05) is 0 Å². The predicted molar refractivity (Wildman–Crippen MR) is 56.1 cm³/mol. The molecule has 1 N–H and O–H groups in total. The second kappa shape index (κ2) is 3.81. The lowest BCUT2D eigenvalue weighted by atomic mass is 10.2. The maximum Gasteiger partial charge on any atom is 0.336 e. The van der Waals surface area contributed by atoms with E-state index in [1.165, 1.54) is 6.07 Å². The van der Waals surface area contributed by atoms with E-state index < -0.39 is 5.97 Å². The molecule has 0 unspecified atom stereocenters. The molecule has 0 saturated carbocycles. The minimum Gasteiger partial charge on any atom is -0.478 e. The standard InChI is InChI=1S/C7H4Br2O2S/c8-3-1-4(7(10)11)6(9)5(12)2-3/h1-2,12H,(H,10,11). The first-order valence-corrected chi connectivity index (χ1v) is 4.97. The molecule has 1 aromatic carbocycles. The summed E-state index contributed by atoms with van der Waals surface area (Å²) in [6.07, 6.45) is 0. The van der Waals surface area contributed by atoms with Crippen LogP contribution in [0, 0.1) is 0 Å². The highest BCUT2D eigenvalue weighted by molar-refractivity contribution is 9.11. The van der Waals surface area contributed by atoms with Crippen LogP contribution < -0.4 is 0 Å². The molecule has 12 heavy (non-hydrogen) atoms. The highest BCUT2D eigenvalue weighted by Crippen LogP contribution is 2.28. The average Bonchev–Trinajstić information content (AvgIpc) is 1.96. The van der Waals surface area contributed by atoms with Crippen LogP contribution >= 0.6 is 44.5 Å². The predicted octanol–water partition coefficient (Wildman–Crippen LogP) is 3.20. The van der Waals surface area contributed by atoms with Crippen LogP contribution in [0.25, 0.3) is 0 Å². The molecule has 0 saturated heterocycles. The number of rotatable bonds is 1. The van der Waals surface area contributed by atoms with Crippen molar-refractivity contribution in [2.45, 2.75) is 4.90 Å². The Morgan fingerprint density at radius 1 is 1.42 bits per heavy atom. The van der Waals surface area contributed by atoms with Gasteiger partial charge in [0.15, 0.2) is 0 Å². The number of hydrogen-bond acceptors (Lipinski definition) is 2. The molecule has 0 amide bonds. The fourth-order valence-corrected chi connectivity index (χ4v) is 2.02. The number of aromatic carboxylic acids is 1. The van der Waals surface area contributed by atoms with E-state index in [0.717, 1.165) is 0 Å². The lowest BCUT2D eigenvalue weighted by molar-refractivity contribution is 0.0695. The minimum absolute atomic E-state index is 0.203. The van der Waals surface area contributed by atoms with Gasteiger partial charge in [-0.3, -0.25) is 0 Å². The summed E-state index contributed by atoms with van der Waals surface area (Å²) in [5, 5.41) is 8.73. The van der Waals surface area contributed by atoms with Crippen molar-refractivity contribution < 1.29 is 9.90 Å². The normalized spacial score (nSPS) is 9.92. The molecule has 0 aromatic heterocycles. The SMILES string of the molecule is O=C(O)c1cc(Br)cc(S)c1Br. The quantitative estimate of drug-likeness (QED) is 0.782. The number of halogens is 2. The molecular weight excluding hydrogens is 308 g/mol. The first-order valence-electron chi connectivity index (χ1n) is 2.93. The summed E-state index contributed by atoms with van der Waals surface area (Å²) in [5.74, 6) is -0.974. The number of carboxylic acid groups (broad SMARTS) is 1. The maximum atomic E-state index is 10.6. The van der Waals surface area contributed by atoms with Gasteiger partial charge in [-0.2, -0.15) is 0 Å². The van der Waals surface area contributed by atoms with Gasteiger partial charge in [0, 0.05) is 13.8 Å². The summed E-state index contributed by atoms with van der Waals surface area (Å²) in [6, 6.07) is 3.24. The first-order chi connectivity index (χ1) is 5.52. The Morgan fingerprint density at radius 2 is 2.00 bits per heavy atom. The van der Waals surface area contributed by atoms with E-state index in [2.05, 4.69) is 44.5 Å². The van der Waals surface area contributed by atoms with Gasteiger partial charge in [-0.05, 0) is 28.1 Å². The molecule has 0 spiro atoms. The number of hydrogen-bond donors (Lipinski definition) is 2. The Hall–Kier alpha value is -0.000000000000000111. The van der Waals surface area contributed by atoms with Crippen LogP contribution in [0.5, 0.6) is 0 Å². The zero-order valence-corrected chi connectivity index (χ0v) is 9.78. The molecule has 0 heterocycles. The van der Waals surface area contributed by atoms with Crippen LogP contribution in [0.2, 0.25) is 0 Å². The fourth-order valence-electron chi connectivity index (χ4n) is 0.730. The van der Waals surface area contributed by atoms with E-state index in [-0.39, 0.29) is 5.56 Å². The Balaban J connectivity index is 3.37. The zero-order valence-electron chi connectivity index (χ0n) is 5.71. The number of thiol groups is 1. The largest absolute Gasteiger partial charge is 0.478 e. The number of carbonyl (C=O) groups is 1. The zero-order chi connectivity index (χ0) is 9.30. The molecule has 0 fully saturated rings. The van der Waals surface area contributed by atoms with Gasteiger partial charge in [0.05, 0.1) is 5.56 Å². The van der Waals surface area contributed by atoms with Gasteiger partial charge < -0.3 is 5.11 Å². The third kappa shape index (κ3) is 2.02. The molecule has 0 aliphatic heterocycles. The second-order valence-corrected chi connectivity index (χ2v) is 4.28. The average molecular weight is 312 g/mol. The van der Waals surface area contributed by atoms with Crippen molar-refractivity contribution in [1.82, 2.24) is 0 Å². The van der Waals surface area contributed by atoms with Gasteiger partial charge in [-0.25, -0.2) is 4.79 Å². The molecular formula is C7H4Br2O2S. The van der Waals surface area contributed by atoms with E-state index in [1.54, 1.807) is 6.07 Å². The molecule has 0 atom stereocenters. The van der Waals surface area contributed by atoms with Crippen molar-refractivity contribution in [2.24, 2.45) is 0 Å². The molecule has 1 rings (SSSR count). The summed E-state index contributed by atoms with van der Waals surface area (Å²) >= 11 is 10.4. The Morgan fingerprint density at radius 3 is 2.50 bits per heavy atom. The smallest absolute Gasteiger partial charge is 0.336 e. The first kappa shape index (κ1) is 10.1. The molecule has 0 aliphatic rings. The molecule has 5 heteroatoms. The van der Waals surface area contributed by atoms with Gasteiger partial charge in [0.2, 0.25) is 0 Å². The molecule has 0 radical (unpaired) electrons. The van der Waals surface area contributed by atoms with E-state index in [0.29, 0.717) is 13.8 Å². The van der Waals surface area contributed by atoms with Gasteiger partial charge in [0.1, 0.15) is 0 Å². The molecule has 1 aromatic rings. The lowest BCUT2D eigenvalue weighted by Gasteiger charge is -2.02. The second-order valence-electron chi connectivity index (χ2n) is 2.09. The third-order valence-electron chi connectivity index (χ3n) is 1.25. The Bertz CT molecular complexity index is 338.